The summed E-state index contributed by atoms with van der Waals surface area (Å²) < 4.78 is 5.77. The maximum atomic E-state index is 13.6. The van der Waals surface area contributed by atoms with Crippen molar-refractivity contribution in [2.45, 2.75) is 43.6 Å². The van der Waals surface area contributed by atoms with Gasteiger partial charge in [-0.3, -0.25) is 14.5 Å². The summed E-state index contributed by atoms with van der Waals surface area (Å²) in [7, 11) is 0. The Morgan fingerprint density at radius 3 is 2.85 bits per heavy atom. The van der Waals surface area contributed by atoms with Crippen molar-refractivity contribution in [3.8, 4) is 11.8 Å². The number of piperidine rings is 2. The molecular weight excluding hydrogens is 530 g/mol. The number of benzene rings is 1. The molecule has 0 aliphatic carbocycles. The Kier molecular flexibility index (Phi) is 7.20. The van der Waals surface area contributed by atoms with E-state index in [0.717, 1.165) is 19.3 Å². The van der Waals surface area contributed by atoms with Gasteiger partial charge in [-0.15, -0.1) is 0 Å². The first-order valence-corrected chi connectivity index (χ1v) is 14.3. The van der Waals surface area contributed by atoms with E-state index in [1.54, 1.807) is 16.0 Å². The van der Waals surface area contributed by atoms with Gasteiger partial charge in [0.25, 0.3) is 5.91 Å². The van der Waals surface area contributed by atoms with Crippen molar-refractivity contribution in [1.82, 2.24) is 30.8 Å². The highest BCUT2D eigenvalue weighted by Gasteiger charge is 2.52. The Bertz CT molecular complexity index is 1380. The molecule has 3 saturated heterocycles. The zero-order valence-electron chi connectivity index (χ0n) is 22.1. The topological polar surface area (TPSA) is 129 Å². The van der Waals surface area contributed by atoms with Gasteiger partial charge < -0.3 is 25.6 Å². The number of para-hydroxylation sites is 1. The zero-order chi connectivity index (χ0) is 27.8. The number of anilines is 1. The smallest absolute Gasteiger partial charge is 0.326 e. The molecule has 208 valence electrons. The van der Waals surface area contributed by atoms with Crippen LogP contribution in [0.1, 0.15) is 25.0 Å². The number of amides is 4. The van der Waals surface area contributed by atoms with Gasteiger partial charge in [0.2, 0.25) is 5.91 Å². The Morgan fingerprint density at radius 1 is 1.25 bits per heavy atom. The van der Waals surface area contributed by atoms with Crippen LogP contribution in [0.5, 0.6) is 11.8 Å². The Labute approximate surface area is 236 Å². The highest BCUT2D eigenvalue weighted by molar-refractivity contribution is 8.04. The van der Waals surface area contributed by atoms with E-state index in [0.29, 0.717) is 47.4 Å². The molecule has 2 aromatic rings. The van der Waals surface area contributed by atoms with E-state index in [9.17, 15) is 14.4 Å². The third kappa shape index (κ3) is 4.92. The minimum Gasteiger partial charge on any atom is -0.424 e. The predicted molar refractivity (Wildman–Crippen MR) is 151 cm³/mol. The number of likely N-dealkylation sites (tertiary alicyclic amines) is 1. The minimum absolute atomic E-state index is 0.0512. The number of aromatic nitrogens is 2. The summed E-state index contributed by atoms with van der Waals surface area (Å²) in [6, 6.07) is 8.87. The fraction of sp³-hybridized carbons (Fsp3) is 0.393. The van der Waals surface area contributed by atoms with Crippen LogP contribution in [-0.2, 0) is 9.59 Å². The second kappa shape index (κ2) is 10.9. The molecule has 12 heteroatoms. The van der Waals surface area contributed by atoms with Gasteiger partial charge in [-0.1, -0.05) is 36.5 Å². The van der Waals surface area contributed by atoms with Crippen LogP contribution in [0, 0.1) is 12.8 Å². The lowest BCUT2D eigenvalue weighted by atomic mass is 9.86. The monoisotopic (exact) mass is 561 g/mol. The van der Waals surface area contributed by atoms with Crippen LogP contribution in [-0.4, -0.2) is 69.8 Å². The molecule has 1 aromatic carbocycles. The Hall–Kier alpha value is -3.90. The number of nitrogens with zero attached hydrogens (tertiary/aromatic N) is 4. The quantitative estimate of drug-likeness (QED) is 0.460. The Morgan fingerprint density at radius 2 is 2.08 bits per heavy atom. The maximum Gasteiger partial charge on any atom is 0.326 e. The van der Waals surface area contributed by atoms with E-state index in [-0.39, 0.29) is 47.2 Å². The van der Waals surface area contributed by atoms with Crippen LogP contribution in [0.25, 0.3) is 0 Å². The van der Waals surface area contributed by atoms with E-state index < -0.39 is 0 Å². The number of nitrogens with one attached hydrogen (secondary N) is 3. The van der Waals surface area contributed by atoms with Crippen LogP contribution >= 0.6 is 11.8 Å². The first-order chi connectivity index (χ1) is 19.4. The first kappa shape index (κ1) is 26.3. The summed E-state index contributed by atoms with van der Waals surface area (Å²) >= 11 is 1.45. The molecule has 0 saturated carbocycles. The molecule has 11 nitrogen and oxygen atoms in total. The highest BCUT2D eigenvalue weighted by Crippen LogP contribution is 2.48. The minimum atomic E-state index is -0.312. The van der Waals surface area contributed by atoms with E-state index in [1.165, 1.54) is 17.8 Å². The fourth-order valence-electron chi connectivity index (χ4n) is 5.90. The van der Waals surface area contributed by atoms with Gasteiger partial charge in [0.1, 0.15) is 5.75 Å². The molecule has 6 rings (SSSR count). The lowest BCUT2D eigenvalue weighted by Gasteiger charge is -2.45. The van der Waals surface area contributed by atoms with Crippen molar-refractivity contribution >= 4 is 35.3 Å². The van der Waals surface area contributed by atoms with E-state index in [2.05, 4.69) is 32.5 Å². The zero-order valence-corrected chi connectivity index (χ0v) is 22.9. The van der Waals surface area contributed by atoms with Crippen LogP contribution in [0.4, 0.5) is 10.5 Å². The van der Waals surface area contributed by atoms with Crippen molar-refractivity contribution in [3.05, 3.63) is 65.5 Å². The first-order valence-electron chi connectivity index (χ1n) is 13.5. The molecule has 4 aliphatic heterocycles. The standard InChI is InChI=1S/C28H31N7O4S/c1-3-21(36)34-13-7-8-17(15-34)32-25(37)24-23-22-19(11-12-29-26(22)40-24)35(28(38)33-23)20-14-30-27(31-16(20)2)39-18-9-5-4-6-10-18/h3-6,9-10,14,17,19,22,26,29H,1,7-8,11-13,15H2,2H3,(H,32,37)(H,33,38)/t17-,19?,22?,26?/m1/s1. The second-order valence-corrected chi connectivity index (χ2v) is 11.4. The summed E-state index contributed by atoms with van der Waals surface area (Å²) in [5.74, 6) is 0.182. The van der Waals surface area contributed by atoms with E-state index in [4.69, 9.17) is 4.74 Å². The summed E-state index contributed by atoms with van der Waals surface area (Å²) in [4.78, 5) is 52.0. The molecule has 0 bridgehead atoms. The highest BCUT2D eigenvalue weighted by atomic mass is 32.2. The van der Waals surface area contributed by atoms with Crippen LogP contribution in [0.15, 0.2) is 59.8 Å². The molecule has 5 heterocycles. The number of hydrogen-bond acceptors (Lipinski definition) is 8. The van der Waals surface area contributed by atoms with Crippen molar-refractivity contribution in [2.24, 2.45) is 5.92 Å². The molecule has 0 spiro atoms. The van der Waals surface area contributed by atoms with Gasteiger partial charge in [-0.25, -0.2) is 9.78 Å². The fourth-order valence-corrected chi connectivity index (χ4v) is 7.30. The molecule has 3 N–H and O–H groups in total. The number of aryl methyl sites for hydroxylation is 1. The van der Waals surface area contributed by atoms with E-state index >= 15 is 0 Å². The predicted octanol–water partition coefficient (Wildman–Crippen LogP) is 2.66. The number of rotatable bonds is 6. The number of carbonyl (C=O) groups is 3. The Balaban J connectivity index is 1.22. The molecular formula is C28H31N7O4S. The molecule has 3 fully saturated rings. The van der Waals surface area contributed by atoms with Gasteiger partial charge >= 0.3 is 12.0 Å². The van der Waals surface area contributed by atoms with Gasteiger partial charge in [0, 0.05) is 30.7 Å². The van der Waals surface area contributed by atoms with Crippen LogP contribution in [0.2, 0.25) is 0 Å². The van der Waals surface area contributed by atoms with Gasteiger partial charge in [0.05, 0.1) is 33.9 Å². The lowest BCUT2D eigenvalue weighted by molar-refractivity contribution is -0.128. The molecule has 0 radical (unpaired) electrons. The van der Waals surface area contributed by atoms with Crippen molar-refractivity contribution in [3.63, 3.8) is 0 Å². The van der Waals surface area contributed by atoms with Crippen LogP contribution < -0.4 is 25.6 Å². The third-order valence-corrected chi connectivity index (χ3v) is 9.09. The van der Waals surface area contributed by atoms with Gasteiger partial charge in [0.15, 0.2) is 0 Å². The normalized spacial score (nSPS) is 25.7. The molecule has 4 aliphatic rings. The summed E-state index contributed by atoms with van der Waals surface area (Å²) in [6.07, 6.45) is 5.24. The maximum absolute atomic E-state index is 13.6. The number of hydrogen-bond donors (Lipinski definition) is 3. The number of thioether (sulfide) groups is 1. The number of carbonyl (C=O) groups excluding carboxylic acids is 3. The molecule has 4 amide bonds. The average Bonchev–Trinajstić information content (AvgIpc) is 3.33. The van der Waals surface area contributed by atoms with Crippen molar-refractivity contribution < 1.29 is 19.1 Å². The summed E-state index contributed by atoms with van der Waals surface area (Å²) in [5.41, 5.74) is 1.89. The summed E-state index contributed by atoms with van der Waals surface area (Å²) in [5, 5.41) is 9.59. The van der Waals surface area contributed by atoms with Crippen LogP contribution in [0.3, 0.4) is 0 Å². The lowest BCUT2D eigenvalue weighted by Crippen LogP contribution is -2.62. The van der Waals surface area contributed by atoms with Gasteiger partial charge in [-0.2, -0.15) is 4.98 Å². The molecule has 4 atom stereocenters. The SMILES string of the molecule is C=CC(=O)N1CCC[C@@H](NC(=O)C2=C3NC(=O)N(c4cnc(Oc5ccccc5)nc4C)C4CCNC(S2)C34)C1. The third-order valence-electron chi connectivity index (χ3n) is 7.73. The van der Waals surface area contributed by atoms with Gasteiger partial charge in [-0.05, 0) is 50.9 Å². The number of ether oxygens (including phenoxy) is 1. The molecule has 40 heavy (non-hydrogen) atoms. The van der Waals surface area contributed by atoms with E-state index in [1.807, 2.05) is 37.3 Å². The number of urea groups is 1. The summed E-state index contributed by atoms with van der Waals surface area (Å²) in [6.45, 7) is 7.21. The van der Waals surface area contributed by atoms with Crippen molar-refractivity contribution in [1.29, 1.82) is 0 Å². The van der Waals surface area contributed by atoms with Crippen molar-refractivity contribution in [2.75, 3.05) is 24.5 Å². The largest absolute Gasteiger partial charge is 0.424 e. The second-order valence-electron chi connectivity index (χ2n) is 10.3. The average molecular weight is 562 g/mol. The molecule has 1 aromatic heterocycles. The molecule has 3 unspecified atom stereocenters.